The van der Waals surface area contributed by atoms with Crippen molar-refractivity contribution in [1.29, 1.82) is 0 Å². The van der Waals surface area contributed by atoms with Crippen LogP contribution in [0.25, 0.3) is 0 Å². The highest BCUT2D eigenvalue weighted by molar-refractivity contribution is 9.10. The second-order valence-corrected chi connectivity index (χ2v) is 5.18. The summed E-state index contributed by atoms with van der Waals surface area (Å²) in [7, 11) is 0. The van der Waals surface area contributed by atoms with E-state index in [9.17, 15) is 4.79 Å². The number of hydrogen-bond acceptors (Lipinski definition) is 2. The molecule has 94 valence electrons. The Hall–Kier alpha value is -0.870. The Kier molecular flexibility index (Phi) is 5.15. The van der Waals surface area contributed by atoms with Crippen LogP contribution in [0.5, 0.6) is 0 Å². The molecule has 0 aliphatic carbocycles. The van der Waals surface area contributed by atoms with Crippen molar-refractivity contribution in [2.45, 2.75) is 39.7 Å². The van der Waals surface area contributed by atoms with E-state index >= 15 is 0 Å². The van der Waals surface area contributed by atoms with E-state index in [4.69, 9.17) is 5.73 Å². The molecule has 0 saturated carbocycles. The zero-order chi connectivity index (χ0) is 13.0. The number of anilines is 1. The van der Waals surface area contributed by atoms with Gasteiger partial charge in [-0.25, -0.2) is 0 Å². The first kappa shape index (κ1) is 14.2. The molecule has 0 aliphatic rings. The fourth-order valence-corrected chi connectivity index (χ4v) is 2.50. The number of aryl methyl sites for hydroxylation is 2. The van der Waals surface area contributed by atoms with Gasteiger partial charge >= 0.3 is 0 Å². The molecular formula is C13H19BrN2O. The molecule has 1 aromatic carbocycles. The molecule has 0 saturated heterocycles. The molecule has 0 unspecified atom stereocenters. The number of halogens is 1. The average Bonchev–Trinajstić information content (AvgIpc) is 2.23. The molecule has 1 rings (SSSR count). The molecule has 1 amide bonds. The molecule has 17 heavy (non-hydrogen) atoms. The molecule has 3 N–H and O–H groups in total. The first-order valence-electron chi connectivity index (χ1n) is 5.79. The summed E-state index contributed by atoms with van der Waals surface area (Å²) < 4.78 is 0.895. The second-order valence-electron chi connectivity index (χ2n) is 4.32. The molecule has 1 aromatic rings. The van der Waals surface area contributed by atoms with Gasteiger partial charge in [-0.05, 0) is 53.4 Å². The quantitative estimate of drug-likeness (QED) is 0.897. The number of amides is 1. The minimum atomic E-state index is -0.437. The van der Waals surface area contributed by atoms with Gasteiger partial charge in [0.2, 0.25) is 5.91 Å². The van der Waals surface area contributed by atoms with Gasteiger partial charge in [0.25, 0.3) is 0 Å². The SMILES string of the molecule is CCC[C@H](N)C(=O)Nc1c(C)cc(C)cc1Br. The van der Waals surface area contributed by atoms with E-state index in [0.717, 1.165) is 27.7 Å². The lowest BCUT2D eigenvalue weighted by Gasteiger charge is -2.15. The summed E-state index contributed by atoms with van der Waals surface area (Å²) in [6.07, 6.45) is 1.61. The fraction of sp³-hybridized carbons (Fsp3) is 0.462. The first-order valence-corrected chi connectivity index (χ1v) is 6.58. The molecule has 4 heteroatoms. The number of carbonyl (C=O) groups is 1. The first-order chi connectivity index (χ1) is 7.95. The molecular weight excluding hydrogens is 280 g/mol. The summed E-state index contributed by atoms with van der Waals surface area (Å²) >= 11 is 3.46. The van der Waals surface area contributed by atoms with Crippen LogP contribution in [-0.4, -0.2) is 11.9 Å². The van der Waals surface area contributed by atoms with Gasteiger partial charge in [0, 0.05) is 4.47 Å². The summed E-state index contributed by atoms with van der Waals surface area (Å²) in [5.41, 5.74) is 8.78. The normalized spacial score (nSPS) is 12.3. The highest BCUT2D eigenvalue weighted by Gasteiger charge is 2.15. The van der Waals surface area contributed by atoms with Gasteiger partial charge in [-0.1, -0.05) is 19.4 Å². The molecule has 1 atom stereocenters. The van der Waals surface area contributed by atoms with Gasteiger partial charge in [-0.3, -0.25) is 4.79 Å². The van der Waals surface area contributed by atoms with Crippen molar-refractivity contribution in [3.05, 3.63) is 27.7 Å². The van der Waals surface area contributed by atoms with Crippen molar-refractivity contribution in [2.75, 3.05) is 5.32 Å². The van der Waals surface area contributed by atoms with Crippen LogP contribution in [0.2, 0.25) is 0 Å². The van der Waals surface area contributed by atoms with Gasteiger partial charge in [0.05, 0.1) is 11.7 Å². The molecule has 3 nitrogen and oxygen atoms in total. The van der Waals surface area contributed by atoms with Crippen LogP contribution >= 0.6 is 15.9 Å². The van der Waals surface area contributed by atoms with Crippen molar-refractivity contribution in [3.8, 4) is 0 Å². The summed E-state index contributed by atoms with van der Waals surface area (Å²) in [5, 5.41) is 2.88. The Morgan fingerprint density at radius 3 is 2.65 bits per heavy atom. The van der Waals surface area contributed by atoms with Crippen molar-refractivity contribution in [1.82, 2.24) is 0 Å². The predicted molar refractivity (Wildman–Crippen MR) is 75.1 cm³/mol. The van der Waals surface area contributed by atoms with E-state index in [1.54, 1.807) is 0 Å². The third-order valence-corrected chi connectivity index (χ3v) is 3.24. The van der Waals surface area contributed by atoms with E-state index < -0.39 is 6.04 Å². The van der Waals surface area contributed by atoms with Crippen LogP contribution in [0, 0.1) is 13.8 Å². The smallest absolute Gasteiger partial charge is 0.241 e. The lowest BCUT2D eigenvalue weighted by atomic mass is 10.1. The van der Waals surface area contributed by atoms with Crippen LogP contribution in [-0.2, 0) is 4.79 Å². The van der Waals surface area contributed by atoms with Gasteiger partial charge < -0.3 is 11.1 Å². The topological polar surface area (TPSA) is 55.1 Å². The van der Waals surface area contributed by atoms with Gasteiger partial charge in [0.1, 0.15) is 0 Å². The lowest BCUT2D eigenvalue weighted by molar-refractivity contribution is -0.117. The fourth-order valence-electron chi connectivity index (χ4n) is 1.73. The molecule has 0 fully saturated rings. The third kappa shape index (κ3) is 3.82. The zero-order valence-corrected chi connectivity index (χ0v) is 12.1. The van der Waals surface area contributed by atoms with Gasteiger partial charge in [-0.15, -0.1) is 0 Å². The summed E-state index contributed by atoms with van der Waals surface area (Å²) in [4.78, 5) is 11.8. The number of rotatable bonds is 4. The maximum absolute atomic E-state index is 11.8. The number of benzene rings is 1. The maximum atomic E-state index is 11.8. The number of hydrogen-bond donors (Lipinski definition) is 2. The highest BCUT2D eigenvalue weighted by atomic mass is 79.9. The van der Waals surface area contributed by atoms with Crippen LogP contribution in [0.1, 0.15) is 30.9 Å². The monoisotopic (exact) mass is 298 g/mol. The summed E-state index contributed by atoms with van der Waals surface area (Å²) in [6.45, 7) is 6.01. The maximum Gasteiger partial charge on any atom is 0.241 e. The zero-order valence-electron chi connectivity index (χ0n) is 10.5. The Balaban J connectivity index is 2.85. The molecule has 0 bridgehead atoms. The standard InChI is InChI=1S/C13H19BrN2O/c1-4-5-11(15)13(17)16-12-9(3)6-8(2)7-10(12)14/h6-7,11H,4-5,15H2,1-3H3,(H,16,17)/t11-/m0/s1. The second kappa shape index (κ2) is 6.17. The highest BCUT2D eigenvalue weighted by Crippen LogP contribution is 2.27. The van der Waals surface area contributed by atoms with Crippen LogP contribution in [0.4, 0.5) is 5.69 Å². The van der Waals surface area contributed by atoms with Crippen LogP contribution in [0.3, 0.4) is 0 Å². The van der Waals surface area contributed by atoms with E-state index in [1.807, 2.05) is 32.9 Å². The summed E-state index contributed by atoms with van der Waals surface area (Å²) in [5.74, 6) is -0.125. The number of nitrogens with one attached hydrogen (secondary N) is 1. The lowest BCUT2D eigenvalue weighted by Crippen LogP contribution is -2.35. The van der Waals surface area contributed by atoms with E-state index in [2.05, 4.69) is 21.2 Å². The Bertz CT molecular complexity index is 395. The Labute approximate surface area is 111 Å². The summed E-state index contributed by atoms with van der Waals surface area (Å²) in [6, 6.07) is 3.58. The van der Waals surface area contributed by atoms with E-state index in [0.29, 0.717) is 6.42 Å². The van der Waals surface area contributed by atoms with Gasteiger partial charge in [-0.2, -0.15) is 0 Å². The number of nitrogens with two attached hydrogens (primary N) is 1. The Morgan fingerprint density at radius 2 is 2.12 bits per heavy atom. The van der Waals surface area contributed by atoms with Crippen molar-refractivity contribution >= 4 is 27.5 Å². The van der Waals surface area contributed by atoms with Crippen molar-refractivity contribution in [3.63, 3.8) is 0 Å². The van der Waals surface area contributed by atoms with E-state index in [-0.39, 0.29) is 5.91 Å². The number of carbonyl (C=O) groups excluding carboxylic acids is 1. The van der Waals surface area contributed by atoms with Gasteiger partial charge in [0.15, 0.2) is 0 Å². The molecule has 0 spiro atoms. The average molecular weight is 299 g/mol. The molecule has 0 aromatic heterocycles. The van der Waals surface area contributed by atoms with Crippen molar-refractivity contribution < 1.29 is 4.79 Å². The van der Waals surface area contributed by atoms with Crippen LogP contribution in [0.15, 0.2) is 16.6 Å². The van der Waals surface area contributed by atoms with Crippen molar-refractivity contribution in [2.24, 2.45) is 5.73 Å². The minimum absolute atomic E-state index is 0.125. The third-order valence-electron chi connectivity index (χ3n) is 2.62. The van der Waals surface area contributed by atoms with E-state index in [1.165, 1.54) is 0 Å². The molecule has 0 radical (unpaired) electrons. The Morgan fingerprint density at radius 1 is 1.47 bits per heavy atom. The van der Waals surface area contributed by atoms with Crippen LogP contribution < -0.4 is 11.1 Å². The predicted octanol–water partition coefficient (Wildman–Crippen LogP) is 3.13. The molecule has 0 heterocycles. The molecule has 0 aliphatic heterocycles. The largest absolute Gasteiger partial charge is 0.323 e. The minimum Gasteiger partial charge on any atom is -0.323 e.